The maximum Gasteiger partial charge on any atom is 0.321 e. The Morgan fingerprint density at radius 3 is 2.04 bits per heavy atom. The molecule has 15 nitrogen and oxygen atoms in total. The number of benzene rings is 2. The molecular formula is C30H32N6O9. The second kappa shape index (κ2) is 13.6. The number of esters is 1. The lowest BCUT2D eigenvalue weighted by Gasteiger charge is -2.22. The number of nitro benzene ring substituents is 2. The van der Waals surface area contributed by atoms with Gasteiger partial charge in [-0.1, -0.05) is 38.1 Å². The first-order valence-corrected chi connectivity index (χ1v) is 14.4. The zero-order valence-corrected chi connectivity index (χ0v) is 24.9. The van der Waals surface area contributed by atoms with Crippen LogP contribution in [0.15, 0.2) is 54.9 Å². The Labute approximate surface area is 257 Å². The molecule has 5 rings (SSSR count). The van der Waals surface area contributed by atoms with Crippen LogP contribution in [-0.4, -0.2) is 60.8 Å². The number of carbonyl (C=O) groups is 1. The molecule has 0 aliphatic carbocycles. The van der Waals surface area contributed by atoms with Gasteiger partial charge in [-0.2, -0.15) is 9.97 Å². The van der Waals surface area contributed by atoms with Gasteiger partial charge in [-0.25, -0.2) is 4.98 Å². The van der Waals surface area contributed by atoms with Crippen LogP contribution in [0.25, 0.3) is 11.2 Å². The van der Waals surface area contributed by atoms with E-state index in [1.165, 1.54) is 37.5 Å². The molecule has 0 spiro atoms. The van der Waals surface area contributed by atoms with Gasteiger partial charge >= 0.3 is 12.0 Å². The van der Waals surface area contributed by atoms with Crippen LogP contribution in [0.4, 0.5) is 11.4 Å². The van der Waals surface area contributed by atoms with Gasteiger partial charge in [0.15, 0.2) is 23.5 Å². The lowest BCUT2D eigenvalue weighted by molar-refractivity contribution is -0.385. The van der Waals surface area contributed by atoms with Crippen molar-refractivity contribution in [2.45, 2.75) is 58.5 Å². The zero-order valence-electron chi connectivity index (χ0n) is 24.9. The topological polar surface area (TPSA) is 184 Å². The van der Waals surface area contributed by atoms with Crippen molar-refractivity contribution < 1.29 is 33.6 Å². The van der Waals surface area contributed by atoms with Crippen LogP contribution in [0.1, 0.15) is 44.5 Å². The monoisotopic (exact) mass is 620 g/mol. The highest BCUT2D eigenvalue weighted by Gasteiger charge is 2.45. The van der Waals surface area contributed by atoms with Crippen molar-refractivity contribution in [2.24, 2.45) is 5.92 Å². The summed E-state index contributed by atoms with van der Waals surface area (Å²) >= 11 is 0. The Morgan fingerprint density at radius 2 is 1.51 bits per heavy atom. The largest absolute Gasteiger partial charge is 0.476 e. The van der Waals surface area contributed by atoms with E-state index in [-0.39, 0.29) is 48.5 Å². The third-order valence-electron chi connectivity index (χ3n) is 7.59. The Bertz CT molecular complexity index is 1680. The van der Waals surface area contributed by atoms with E-state index < -0.39 is 28.1 Å². The fourth-order valence-corrected chi connectivity index (χ4v) is 5.22. The quantitative estimate of drug-likeness (QED) is 0.114. The summed E-state index contributed by atoms with van der Waals surface area (Å²) < 4.78 is 25.6. The van der Waals surface area contributed by atoms with Gasteiger partial charge in [0, 0.05) is 49.9 Å². The molecule has 3 heterocycles. The van der Waals surface area contributed by atoms with Gasteiger partial charge in [0.25, 0.3) is 11.4 Å². The molecule has 2 aromatic carbocycles. The Morgan fingerprint density at radius 1 is 0.933 bits per heavy atom. The molecular weight excluding hydrogens is 588 g/mol. The Kier molecular flexibility index (Phi) is 9.47. The maximum absolute atomic E-state index is 12.0. The van der Waals surface area contributed by atoms with Crippen molar-refractivity contribution in [2.75, 3.05) is 13.2 Å². The van der Waals surface area contributed by atoms with Crippen LogP contribution in [0.2, 0.25) is 0 Å². The second-order valence-corrected chi connectivity index (χ2v) is 10.6. The molecule has 45 heavy (non-hydrogen) atoms. The molecule has 1 aliphatic heterocycles. The number of hydrogen-bond acceptors (Lipinski definition) is 12. The number of non-ortho nitro benzene ring substituents is 2. The van der Waals surface area contributed by atoms with E-state index in [9.17, 15) is 25.0 Å². The number of rotatable bonds is 13. The Hall–Kier alpha value is -5.18. The summed E-state index contributed by atoms with van der Waals surface area (Å²) in [5.74, 6) is -0.354. The smallest absolute Gasteiger partial charge is 0.321 e. The molecule has 0 bridgehead atoms. The highest BCUT2D eigenvalue weighted by atomic mass is 16.6. The first-order chi connectivity index (χ1) is 21.6. The van der Waals surface area contributed by atoms with Gasteiger partial charge in [-0.05, 0) is 17.5 Å². The third-order valence-corrected chi connectivity index (χ3v) is 7.59. The molecule has 1 fully saturated rings. The fraction of sp³-hybridized carbons (Fsp3) is 0.400. The van der Waals surface area contributed by atoms with Crippen molar-refractivity contribution in [3.8, 4) is 11.9 Å². The van der Waals surface area contributed by atoms with E-state index >= 15 is 0 Å². The molecule has 1 saturated heterocycles. The van der Waals surface area contributed by atoms with Crippen molar-refractivity contribution in [3.05, 3.63) is 86.2 Å². The average Bonchev–Trinajstić information content (AvgIpc) is 3.57. The molecule has 15 heteroatoms. The molecule has 4 atom stereocenters. The number of ether oxygens (including phenoxy) is 4. The zero-order chi connectivity index (χ0) is 32.1. The van der Waals surface area contributed by atoms with Gasteiger partial charge in [-0.3, -0.25) is 29.6 Å². The van der Waals surface area contributed by atoms with Crippen molar-refractivity contribution >= 4 is 28.5 Å². The van der Waals surface area contributed by atoms with E-state index in [1.807, 2.05) is 13.8 Å². The second-order valence-electron chi connectivity index (χ2n) is 10.6. The summed E-state index contributed by atoms with van der Waals surface area (Å²) in [4.78, 5) is 46.5. The number of nitro groups is 2. The van der Waals surface area contributed by atoms with Gasteiger partial charge in [0.05, 0.1) is 35.5 Å². The normalized spacial score (nSPS) is 19.4. The average molecular weight is 621 g/mol. The lowest BCUT2D eigenvalue weighted by atomic mass is 9.98. The van der Waals surface area contributed by atoms with Crippen LogP contribution < -0.4 is 9.47 Å². The number of carbonyl (C=O) groups excluding carboxylic acids is 1. The van der Waals surface area contributed by atoms with Crippen LogP contribution in [0.3, 0.4) is 0 Å². The number of fused-ring (bicyclic) bond motifs is 1. The van der Waals surface area contributed by atoms with Gasteiger partial charge in [-0.15, -0.1) is 0 Å². The number of aromatic nitrogens is 4. The third kappa shape index (κ3) is 7.15. The molecule has 0 radical (unpaired) electrons. The molecule has 0 saturated carbocycles. The van der Waals surface area contributed by atoms with Crippen LogP contribution in [0.5, 0.6) is 11.9 Å². The van der Waals surface area contributed by atoms with Crippen molar-refractivity contribution in [1.29, 1.82) is 0 Å². The maximum atomic E-state index is 12.0. The molecule has 0 N–H and O–H groups in total. The molecule has 2 aromatic heterocycles. The first-order valence-electron chi connectivity index (χ1n) is 14.4. The summed E-state index contributed by atoms with van der Waals surface area (Å²) in [7, 11) is 0. The molecule has 1 unspecified atom stereocenters. The predicted octanol–water partition coefficient (Wildman–Crippen LogP) is 4.76. The molecule has 0 amide bonds. The summed E-state index contributed by atoms with van der Waals surface area (Å²) in [5.41, 5.74) is 2.36. The Balaban J connectivity index is 1.40. The summed E-state index contributed by atoms with van der Waals surface area (Å²) in [5, 5.41) is 21.9. The fourth-order valence-electron chi connectivity index (χ4n) is 5.22. The number of nitrogens with zero attached hydrogens (tertiary/aromatic N) is 6. The standard InChI is InChI=1S/C30H32N6O9/c1-4-24-18(2)26(44-19(3)37)29(45-24)34-17-31-25-27(34)32-30(43-16-14-21-7-11-23(12-8-21)36(40)41)33-28(25)42-15-13-20-5-9-22(10-6-20)35(38)39/h5-12,17-18,24,26,29H,4,13-16H2,1-3H3/t18?,24-,26+,29-/m1/s1. The van der Waals surface area contributed by atoms with Gasteiger partial charge < -0.3 is 18.9 Å². The SMILES string of the molecule is CC[C@H]1O[C@@H](n2cnc3c(OCCc4ccc([N+](=O)[O-])cc4)nc(OCCc4ccc([N+](=O)[O-])cc4)nc32)[C@@H](OC(C)=O)C1C. The van der Waals surface area contributed by atoms with E-state index in [4.69, 9.17) is 18.9 Å². The molecule has 236 valence electrons. The van der Waals surface area contributed by atoms with E-state index in [0.717, 1.165) is 11.1 Å². The summed E-state index contributed by atoms with van der Waals surface area (Å²) in [6.45, 7) is 5.67. The first kappa shape index (κ1) is 31.3. The summed E-state index contributed by atoms with van der Waals surface area (Å²) in [6, 6.07) is 12.4. The van der Waals surface area contributed by atoms with Crippen LogP contribution >= 0.6 is 0 Å². The van der Waals surface area contributed by atoms with Crippen molar-refractivity contribution in [3.63, 3.8) is 0 Å². The van der Waals surface area contributed by atoms with E-state index in [0.29, 0.717) is 30.4 Å². The predicted molar refractivity (Wildman–Crippen MR) is 159 cm³/mol. The highest BCUT2D eigenvalue weighted by Crippen LogP contribution is 2.39. The minimum atomic E-state index is -0.699. The van der Waals surface area contributed by atoms with Crippen LogP contribution in [0, 0.1) is 26.1 Å². The minimum absolute atomic E-state index is 0.000877. The van der Waals surface area contributed by atoms with Crippen LogP contribution in [-0.2, 0) is 27.1 Å². The van der Waals surface area contributed by atoms with Crippen molar-refractivity contribution in [1.82, 2.24) is 19.5 Å². The molecule has 4 aromatic rings. The lowest BCUT2D eigenvalue weighted by Crippen LogP contribution is -2.29. The summed E-state index contributed by atoms with van der Waals surface area (Å²) in [6.07, 6.45) is 1.68. The number of imidazole rings is 1. The van der Waals surface area contributed by atoms with Gasteiger partial charge in [0.2, 0.25) is 5.88 Å². The van der Waals surface area contributed by atoms with E-state index in [2.05, 4.69) is 15.0 Å². The van der Waals surface area contributed by atoms with E-state index in [1.54, 1.807) is 28.8 Å². The minimum Gasteiger partial charge on any atom is -0.476 e. The highest BCUT2D eigenvalue weighted by molar-refractivity contribution is 5.77. The van der Waals surface area contributed by atoms with Gasteiger partial charge in [0.1, 0.15) is 0 Å². The number of hydrogen-bond donors (Lipinski definition) is 0. The molecule has 1 aliphatic rings.